The van der Waals surface area contributed by atoms with Crippen LogP contribution in [0, 0.1) is 12.7 Å². The van der Waals surface area contributed by atoms with Crippen LogP contribution in [0.15, 0.2) is 41.4 Å². The van der Waals surface area contributed by atoms with E-state index in [2.05, 4.69) is 15.3 Å². The Kier molecular flexibility index (Phi) is 3.97. The molecule has 5 nitrogen and oxygen atoms in total. The third kappa shape index (κ3) is 2.85. The topological polar surface area (TPSA) is 74.6 Å². The van der Waals surface area contributed by atoms with Gasteiger partial charge in [-0.05, 0) is 42.8 Å². The van der Waals surface area contributed by atoms with Crippen LogP contribution >= 0.6 is 22.9 Å². The second-order valence-corrected chi connectivity index (χ2v) is 7.12. The van der Waals surface area contributed by atoms with E-state index >= 15 is 0 Å². The van der Waals surface area contributed by atoms with Crippen LogP contribution in [0.4, 0.5) is 15.2 Å². The van der Waals surface area contributed by atoms with Gasteiger partial charge in [-0.15, -0.1) is 0 Å². The lowest BCUT2D eigenvalue weighted by atomic mass is 10.1. The summed E-state index contributed by atoms with van der Waals surface area (Å²) < 4.78 is 13.6. The van der Waals surface area contributed by atoms with Gasteiger partial charge in [0.05, 0.1) is 10.9 Å². The average molecular weight is 388 g/mol. The largest absolute Gasteiger partial charge is 0.492 e. The monoisotopic (exact) mass is 387 g/mol. The van der Waals surface area contributed by atoms with Gasteiger partial charge in [-0.1, -0.05) is 29.0 Å². The molecule has 0 unspecified atom stereocenters. The van der Waals surface area contributed by atoms with Crippen molar-refractivity contribution in [3.05, 3.63) is 68.3 Å². The molecule has 0 fully saturated rings. The molecule has 26 heavy (non-hydrogen) atoms. The van der Waals surface area contributed by atoms with Crippen molar-refractivity contribution in [1.82, 2.24) is 4.98 Å². The number of amides is 1. The normalized spacial score (nSPS) is 12.9. The van der Waals surface area contributed by atoms with Gasteiger partial charge in [-0.2, -0.15) is 4.98 Å². The van der Waals surface area contributed by atoms with E-state index in [9.17, 15) is 14.3 Å². The minimum atomic E-state index is -0.533. The highest BCUT2D eigenvalue weighted by molar-refractivity contribution is 7.17. The Morgan fingerprint density at radius 1 is 1.23 bits per heavy atom. The van der Waals surface area contributed by atoms with Crippen LogP contribution in [0.5, 0.6) is 5.88 Å². The number of nitrogens with zero attached hydrogens (tertiary/aromatic N) is 2. The highest BCUT2D eigenvalue weighted by atomic mass is 35.5. The lowest BCUT2D eigenvalue weighted by Gasteiger charge is -2.04. The molecule has 1 aliphatic rings. The second kappa shape index (κ2) is 6.19. The highest BCUT2D eigenvalue weighted by Crippen LogP contribution is 2.35. The molecular weight excluding hydrogens is 377 g/mol. The molecule has 130 valence electrons. The molecule has 0 saturated carbocycles. The molecule has 8 heteroatoms. The summed E-state index contributed by atoms with van der Waals surface area (Å²) in [5, 5.41) is 14.9. The van der Waals surface area contributed by atoms with Gasteiger partial charge in [-0.3, -0.25) is 4.79 Å². The number of carbonyl (C=O) groups is 1. The summed E-state index contributed by atoms with van der Waals surface area (Å²) in [5.41, 5.74) is 1.77. The number of thiazole rings is 1. The molecule has 0 atom stereocenters. The summed E-state index contributed by atoms with van der Waals surface area (Å²) in [4.78, 5) is 20.4. The highest BCUT2D eigenvalue weighted by Gasteiger charge is 2.25. The third-order valence-corrected chi connectivity index (χ3v) is 5.31. The number of aromatic nitrogens is 1. The average Bonchev–Trinajstić information content (AvgIpc) is 3.09. The van der Waals surface area contributed by atoms with Gasteiger partial charge < -0.3 is 10.4 Å². The number of halogens is 2. The molecular formula is C18H11ClFN3O2S. The lowest BCUT2D eigenvalue weighted by Crippen LogP contribution is -2.23. The van der Waals surface area contributed by atoms with Gasteiger partial charge >= 0.3 is 0 Å². The van der Waals surface area contributed by atoms with Crippen molar-refractivity contribution in [2.75, 3.05) is 5.32 Å². The Balaban J connectivity index is 1.78. The number of fused-ring (bicyclic) bond motifs is 1. The zero-order valence-electron chi connectivity index (χ0n) is 13.4. The standard InChI is InChI=1S/C18H11ClFN3O2S/c1-8-2-4-10(7-12(8)19)21-18-23-17(25)15(26-18)14-11-6-9(20)3-5-13(11)22-16(14)24/h2-7,25H,1H3,(H,21,23). The van der Waals surface area contributed by atoms with Crippen LogP contribution in [-0.4, -0.2) is 16.0 Å². The number of aromatic hydroxyl groups is 1. The maximum Gasteiger partial charge on any atom is 0.279 e. The van der Waals surface area contributed by atoms with Crippen molar-refractivity contribution in [2.24, 2.45) is 4.99 Å². The number of hydrogen-bond donors (Lipinski definition) is 2. The van der Waals surface area contributed by atoms with Crippen LogP contribution < -0.4 is 15.9 Å². The summed E-state index contributed by atoms with van der Waals surface area (Å²) in [7, 11) is 0. The molecule has 3 aromatic rings. The molecule has 1 aliphatic heterocycles. The fourth-order valence-corrected chi connectivity index (χ4v) is 3.74. The van der Waals surface area contributed by atoms with Gasteiger partial charge in [-0.25, -0.2) is 9.38 Å². The Morgan fingerprint density at radius 2 is 2.04 bits per heavy atom. The maximum absolute atomic E-state index is 13.6. The number of rotatable bonds is 3. The van der Waals surface area contributed by atoms with E-state index < -0.39 is 11.7 Å². The van der Waals surface area contributed by atoms with E-state index in [-0.39, 0.29) is 16.3 Å². The molecule has 2 heterocycles. The van der Waals surface area contributed by atoms with Gasteiger partial charge in [0.1, 0.15) is 10.7 Å². The fourth-order valence-electron chi connectivity index (χ4n) is 2.63. The van der Waals surface area contributed by atoms with E-state index in [1.54, 1.807) is 6.07 Å². The number of hydrogen-bond acceptors (Lipinski definition) is 5. The Bertz CT molecular complexity index is 1190. The molecule has 0 spiro atoms. The fraction of sp³-hybridized carbons (Fsp3) is 0.0556. The van der Waals surface area contributed by atoms with Crippen LogP contribution in [0.1, 0.15) is 10.4 Å². The smallest absolute Gasteiger partial charge is 0.279 e. The van der Waals surface area contributed by atoms with Gasteiger partial charge in [0.25, 0.3) is 5.91 Å². The van der Waals surface area contributed by atoms with E-state index in [1.807, 2.05) is 19.1 Å². The molecule has 2 aromatic carbocycles. The van der Waals surface area contributed by atoms with E-state index in [0.29, 0.717) is 26.4 Å². The molecule has 0 radical (unpaired) electrons. The minimum Gasteiger partial charge on any atom is -0.492 e. The van der Waals surface area contributed by atoms with E-state index in [0.717, 1.165) is 16.9 Å². The summed E-state index contributed by atoms with van der Waals surface area (Å²) in [6, 6.07) is 9.31. The van der Waals surface area contributed by atoms with Crippen LogP contribution in [0.3, 0.4) is 0 Å². The summed E-state index contributed by atoms with van der Waals surface area (Å²) >= 11 is 7.19. The molecule has 4 rings (SSSR count). The Hall–Kier alpha value is -2.77. The molecule has 0 saturated heterocycles. The SMILES string of the molecule is Cc1ccc(Nc2nc(O)c(C3=c4cc(F)ccc4=NC3=O)s2)cc1Cl. The van der Waals surface area contributed by atoms with Crippen molar-refractivity contribution in [3.63, 3.8) is 0 Å². The number of aryl methyl sites for hydroxylation is 1. The summed E-state index contributed by atoms with van der Waals surface area (Å²) in [6.45, 7) is 1.89. The van der Waals surface area contributed by atoms with E-state index in [4.69, 9.17) is 11.6 Å². The van der Waals surface area contributed by atoms with Gasteiger partial charge in [0, 0.05) is 15.9 Å². The maximum atomic E-state index is 13.6. The van der Waals surface area contributed by atoms with Gasteiger partial charge in [0.2, 0.25) is 5.88 Å². The van der Waals surface area contributed by atoms with Crippen molar-refractivity contribution in [3.8, 4) is 5.88 Å². The van der Waals surface area contributed by atoms with Crippen LogP contribution in [-0.2, 0) is 4.79 Å². The van der Waals surface area contributed by atoms with Crippen molar-refractivity contribution in [2.45, 2.75) is 6.92 Å². The first-order chi connectivity index (χ1) is 12.4. The summed E-state index contributed by atoms with van der Waals surface area (Å²) in [6.07, 6.45) is 0. The molecule has 0 aliphatic carbocycles. The predicted molar refractivity (Wildman–Crippen MR) is 97.9 cm³/mol. The number of benzene rings is 2. The lowest BCUT2D eigenvalue weighted by molar-refractivity contribution is -0.112. The van der Waals surface area contributed by atoms with Crippen LogP contribution in [0.2, 0.25) is 5.02 Å². The summed E-state index contributed by atoms with van der Waals surface area (Å²) in [5.74, 6) is -1.33. The third-order valence-electron chi connectivity index (χ3n) is 3.92. The van der Waals surface area contributed by atoms with Crippen molar-refractivity contribution < 1.29 is 14.3 Å². The zero-order valence-corrected chi connectivity index (χ0v) is 15.0. The minimum absolute atomic E-state index is 0.143. The van der Waals surface area contributed by atoms with Gasteiger partial charge in [0.15, 0.2) is 5.13 Å². The molecule has 1 amide bonds. The Labute approximate surface area is 156 Å². The zero-order chi connectivity index (χ0) is 18.4. The molecule has 0 bridgehead atoms. The Morgan fingerprint density at radius 3 is 2.81 bits per heavy atom. The first-order valence-corrected chi connectivity index (χ1v) is 8.78. The van der Waals surface area contributed by atoms with Crippen molar-refractivity contribution >= 4 is 45.2 Å². The van der Waals surface area contributed by atoms with Crippen LogP contribution in [0.25, 0.3) is 5.57 Å². The first kappa shape index (κ1) is 16.7. The quantitative estimate of drug-likeness (QED) is 0.724. The number of carbonyl (C=O) groups excluding carboxylic acids is 1. The van der Waals surface area contributed by atoms with E-state index in [1.165, 1.54) is 18.2 Å². The first-order valence-electron chi connectivity index (χ1n) is 7.58. The number of anilines is 2. The molecule has 2 N–H and O–H groups in total. The molecule has 1 aromatic heterocycles. The second-order valence-electron chi connectivity index (χ2n) is 5.71. The van der Waals surface area contributed by atoms with Crippen molar-refractivity contribution in [1.29, 1.82) is 0 Å². The predicted octanol–water partition coefficient (Wildman–Crippen LogP) is 3.05. The number of nitrogens with one attached hydrogen (secondary N) is 1.